The molecule has 10 nitrogen and oxygen atoms in total. The third kappa shape index (κ3) is 5.35. The highest BCUT2D eigenvalue weighted by molar-refractivity contribution is 5.89. The number of hydrogen-bond acceptors (Lipinski definition) is 8. The molecule has 0 aliphatic carbocycles. The van der Waals surface area contributed by atoms with Crippen LogP contribution in [0.1, 0.15) is 50.9 Å². The highest BCUT2D eigenvalue weighted by Crippen LogP contribution is 2.27. The number of pyridine rings is 1. The number of hydrogen-bond donors (Lipinski definition) is 5. The van der Waals surface area contributed by atoms with Crippen molar-refractivity contribution in [2.24, 2.45) is 0 Å². The minimum absolute atomic E-state index is 0.137. The maximum atomic E-state index is 11.1. The summed E-state index contributed by atoms with van der Waals surface area (Å²) in [6.07, 6.45) is 6.96. The van der Waals surface area contributed by atoms with Crippen molar-refractivity contribution in [2.45, 2.75) is 45.1 Å². The lowest BCUT2D eigenvalue weighted by Crippen LogP contribution is -2.18. The summed E-state index contributed by atoms with van der Waals surface area (Å²) in [6.45, 7) is 2.80. The van der Waals surface area contributed by atoms with E-state index in [0.29, 0.717) is 18.1 Å². The molecule has 0 bridgehead atoms. The van der Waals surface area contributed by atoms with Crippen molar-refractivity contribution < 1.29 is 10.0 Å². The predicted molar refractivity (Wildman–Crippen MR) is 127 cm³/mol. The van der Waals surface area contributed by atoms with E-state index >= 15 is 0 Å². The Bertz CT molecular complexity index is 1230. The van der Waals surface area contributed by atoms with Gasteiger partial charge in [-0.3, -0.25) is 10.0 Å². The summed E-state index contributed by atoms with van der Waals surface area (Å²) in [4.78, 5) is 32.7. The molecule has 33 heavy (non-hydrogen) atoms. The van der Waals surface area contributed by atoms with E-state index in [1.54, 1.807) is 18.0 Å². The summed E-state index contributed by atoms with van der Waals surface area (Å²) in [6, 6.07) is 9.68. The number of carbonyl (C=O) groups is 1. The van der Waals surface area contributed by atoms with Crippen LogP contribution in [0.2, 0.25) is 0 Å². The fourth-order valence-electron chi connectivity index (χ4n) is 3.72. The molecule has 0 saturated carbocycles. The van der Waals surface area contributed by atoms with Crippen LogP contribution in [0.25, 0.3) is 21.9 Å². The van der Waals surface area contributed by atoms with Crippen molar-refractivity contribution in [1.29, 1.82) is 0 Å². The second-order valence-corrected chi connectivity index (χ2v) is 7.78. The maximum absolute atomic E-state index is 11.1. The number of nitrogens with zero attached hydrogens (tertiary/aromatic N) is 4. The van der Waals surface area contributed by atoms with E-state index in [4.69, 9.17) is 15.2 Å². The molecular formula is C23H28N8O2. The molecular weight excluding hydrogens is 420 g/mol. The van der Waals surface area contributed by atoms with Gasteiger partial charge in [0.05, 0.1) is 23.4 Å². The molecule has 0 aliphatic rings. The fourth-order valence-corrected chi connectivity index (χ4v) is 3.72. The van der Waals surface area contributed by atoms with E-state index < -0.39 is 0 Å². The molecule has 0 spiro atoms. The first-order valence-electron chi connectivity index (χ1n) is 11.2. The van der Waals surface area contributed by atoms with Gasteiger partial charge >= 0.3 is 0 Å². The normalized spacial score (nSPS) is 12.1. The third-order valence-electron chi connectivity index (χ3n) is 5.49. The van der Waals surface area contributed by atoms with Crippen molar-refractivity contribution in [2.75, 3.05) is 17.2 Å². The molecule has 4 rings (SSSR count). The summed E-state index contributed by atoms with van der Waals surface area (Å²) in [7, 11) is 0. The molecule has 0 fully saturated rings. The van der Waals surface area contributed by atoms with Gasteiger partial charge in [0.25, 0.3) is 0 Å². The monoisotopic (exact) mass is 448 g/mol. The van der Waals surface area contributed by atoms with Gasteiger partial charge in [-0.1, -0.05) is 25.5 Å². The van der Waals surface area contributed by atoms with Gasteiger partial charge in [-0.2, -0.15) is 0 Å². The van der Waals surface area contributed by atoms with Crippen molar-refractivity contribution in [1.82, 2.24) is 30.4 Å². The van der Waals surface area contributed by atoms with Gasteiger partial charge in [-0.05, 0) is 37.5 Å². The van der Waals surface area contributed by atoms with E-state index in [1.807, 2.05) is 30.3 Å². The number of aromatic nitrogens is 5. The number of anilines is 2. The molecule has 172 valence electrons. The fraction of sp³-hybridized carbons (Fsp3) is 0.348. The number of imidazole rings is 1. The molecule has 4 aromatic rings. The lowest BCUT2D eigenvalue weighted by molar-refractivity contribution is -0.129. The number of benzene rings is 1. The second-order valence-electron chi connectivity index (χ2n) is 7.78. The van der Waals surface area contributed by atoms with E-state index in [0.717, 1.165) is 60.0 Å². The van der Waals surface area contributed by atoms with Crippen LogP contribution in [0, 0.1) is 0 Å². The average molecular weight is 449 g/mol. The van der Waals surface area contributed by atoms with Gasteiger partial charge in [0.15, 0.2) is 11.6 Å². The van der Waals surface area contributed by atoms with Crippen LogP contribution in [0.4, 0.5) is 11.6 Å². The SMILES string of the molecule is CC[C@H](Nc1nccc2[nH]cnc12)c1nc(NCCCCCC(=O)NO)c2ccccc2n1. The summed E-state index contributed by atoms with van der Waals surface area (Å²) in [5.74, 6) is 1.81. The Balaban J connectivity index is 1.51. The minimum atomic E-state index is -0.354. The van der Waals surface area contributed by atoms with Gasteiger partial charge in [-0.15, -0.1) is 0 Å². The molecule has 1 atom stereocenters. The van der Waals surface area contributed by atoms with Crippen LogP contribution in [-0.4, -0.2) is 42.6 Å². The number of para-hydroxylation sites is 1. The molecule has 10 heteroatoms. The quantitative estimate of drug-likeness (QED) is 0.132. The van der Waals surface area contributed by atoms with Crippen molar-refractivity contribution >= 4 is 39.5 Å². The van der Waals surface area contributed by atoms with Crippen LogP contribution in [0.3, 0.4) is 0 Å². The number of rotatable bonds is 11. The van der Waals surface area contributed by atoms with Crippen LogP contribution >= 0.6 is 0 Å². The van der Waals surface area contributed by atoms with E-state index in [-0.39, 0.29) is 11.9 Å². The number of H-pyrrole nitrogens is 1. The Hall–Kier alpha value is -3.79. The number of unbranched alkanes of at least 4 members (excludes halogenated alkanes) is 2. The minimum Gasteiger partial charge on any atom is -0.369 e. The van der Waals surface area contributed by atoms with Crippen molar-refractivity contribution in [3.63, 3.8) is 0 Å². The first kappa shape index (κ1) is 22.4. The Morgan fingerprint density at radius 3 is 2.82 bits per heavy atom. The number of hydroxylamine groups is 1. The van der Waals surface area contributed by atoms with E-state index in [2.05, 4.69) is 32.5 Å². The zero-order valence-corrected chi connectivity index (χ0v) is 18.5. The van der Waals surface area contributed by atoms with Crippen molar-refractivity contribution in [3.05, 3.63) is 48.7 Å². The highest BCUT2D eigenvalue weighted by atomic mass is 16.5. The van der Waals surface area contributed by atoms with Crippen LogP contribution in [-0.2, 0) is 4.79 Å². The summed E-state index contributed by atoms with van der Waals surface area (Å²) >= 11 is 0. The number of amides is 1. The van der Waals surface area contributed by atoms with E-state index in [9.17, 15) is 4.79 Å². The number of nitrogens with one attached hydrogen (secondary N) is 4. The van der Waals surface area contributed by atoms with Gasteiger partial charge in [0.1, 0.15) is 11.3 Å². The summed E-state index contributed by atoms with van der Waals surface area (Å²) < 4.78 is 0. The predicted octanol–water partition coefficient (Wildman–Crippen LogP) is 3.94. The summed E-state index contributed by atoms with van der Waals surface area (Å²) in [5.41, 5.74) is 4.23. The van der Waals surface area contributed by atoms with Gasteiger partial charge in [0.2, 0.25) is 5.91 Å². The maximum Gasteiger partial charge on any atom is 0.243 e. The largest absolute Gasteiger partial charge is 0.369 e. The first-order chi connectivity index (χ1) is 16.2. The van der Waals surface area contributed by atoms with Gasteiger partial charge < -0.3 is 15.6 Å². The summed E-state index contributed by atoms with van der Waals surface area (Å²) in [5, 5.41) is 16.4. The molecule has 3 heterocycles. The first-order valence-corrected chi connectivity index (χ1v) is 11.2. The molecule has 0 aliphatic heterocycles. The zero-order chi connectivity index (χ0) is 23.0. The second kappa shape index (κ2) is 10.7. The molecule has 0 radical (unpaired) electrons. The zero-order valence-electron chi connectivity index (χ0n) is 18.5. The van der Waals surface area contributed by atoms with E-state index in [1.165, 1.54) is 0 Å². The van der Waals surface area contributed by atoms with Gasteiger partial charge in [0, 0.05) is 24.5 Å². The standard InChI is InChI=1S/C23H28N8O2/c1-2-16(28-23-20-18(11-13-25-23)26-14-27-20)22-29-17-9-6-5-8-15(17)21(30-22)24-12-7-3-4-10-19(32)31-33/h5-6,8-9,11,13-14,16,33H,2-4,7,10,12H2,1H3,(H,25,28)(H,26,27)(H,31,32)(H,24,29,30)/t16-/m0/s1. The third-order valence-corrected chi connectivity index (χ3v) is 5.49. The van der Waals surface area contributed by atoms with Crippen LogP contribution in [0.15, 0.2) is 42.9 Å². The number of carbonyl (C=O) groups excluding carboxylic acids is 1. The molecule has 5 N–H and O–H groups in total. The molecule has 1 aromatic carbocycles. The lowest BCUT2D eigenvalue weighted by atomic mass is 10.1. The topological polar surface area (TPSA) is 141 Å². The number of aromatic amines is 1. The Labute approximate surface area is 191 Å². The van der Waals surface area contributed by atoms with Crippen LogP contribution in [0.5, 0.6) is 0 Å². The smallest absolute Gasteiger partial charge is 0.243 e. The molecule has 0 unspecified atom stereocenters. The van der Waals surface area contributed by atoms with Crippen LogP contribution < -0.4 is 16.1 Å². The Kier molecular flexibility index (Phi) is 7.26. The lowest BCUT2D eigenvalue weighted by Gasteiger charge is -2.19. The average Bonchev–Trinajstić information content (AvgIpc) is 3.34. The highest BCUT2D eigenvalue weighted by Gasteiger charge is 2.18. The molecule has 3 aromatic heterocycles. The molecule has 1 amide bonds. The number of fused-ring (bicyclic) bond motifs is 2. The Morgan fingerprint density at radius 2 is 1.97 bits per heavy atom. The molecule has 0 saturated heterocycles. The van der Waals surface area contributed by atoms with Gasteiger partial charge in [-0.25, -0.2) is 25.4 Å². The Morgan fingerprint density at radius 1 is 1.09 bits per heavy atom. The van der Waals surface area contributed by atoms with Crippen molar-refractivity contribution in [3.8, 4) is 0 Å².